The van der Waals surface area contributed by atoms with E-state index in [-0.39, 0.29) is 17.7 Å². The molecular weight excluding hydrogens is 336 g/mol. The van der Waals surface area contributed by atoms with E-state index in [9.17, 15) is 4.79 Å². The molecule has 1 atom stereocenters. The Kier molecular flexibility index (Phi) is 5.85. The Balaban J connectivity index is 1.61. The summed E-state index contributed by atoms with van der Waals surface area (Å²) in [7, 11) is 3.17. The van der Waals surface area contributed by atoms with Gasteiger partial charge in [0.25, 0.3) is 5.91 Å². The number of amides is 1. The van der Waals surface area contributed by atoms with Gasteiger partial charge in [0.15, 0.2) is 11.5 Å². The number of ether oxygens (including phenoxy) is 3. The first-order valence-corrected chi connectivity index (χ1v) is 8.42. The van der Waals surface area contributed by atoms with Crippen molar-refractivity contribution < 1.29 is 19.0 Å². The van der Waals surface area contributed by atoms with E-state index in [2.05, 4.69) is 20.8 Å². The molecule has 0 bridgehead atoms. The van der Waals surface area contributed by atoms with Crippen LogP contribution in [-0.2, 0) is 4.74 Å². The molecule has 1 aliphatic rings. The molecule has 1 aromatic heterocycles. The van der Waals surface area contributed by atoms with Gasteiger partial charge < -0.3 is 24.8 Å². The molecule has 1 aromatic carbocycles. The van der Waals surface area contributed by atoms with Crippen LogP contribution in [0.25, 0.3) is 0 Å². The van der Waals surface area contributed by atoms with E-state index in [1.165, 1.54) is 0 Å². The molecule has 1 unspecified atom stereocenters. The fourth-order valence-electron chi connectivity index (χ4n) is 2.66. The minimum atomic E-state index is -0.262. The number of carbonyl (C=O) groups is 1. The van der Waals surface area contributed by atoms with Crippen LogP contribution >= 0.6 is 0 Å². The first kappa shape index (κ1) is 17.9. The van der Waals surface area contributed by atoms with Gasteiger partial charge >= 0.3 is 0 Å². The quantitative estimate of drug-likeness (QED) is 0.783. The maximum Gasteiger partial charge on any atom is 0.271 e. The molecule has 138 valence electrons. The molecule has 3 rings (SSSR count). The number of nitrogens with one attached hydrogen (secondary N) is 2. The van der Waals surface area contributed by atoms with Gasteiger partial charge in [-0.05, 0) is 37.1 Å². The Morgan fingerprint density at radius 3 is 2.77 bits per heavy atom. The number of nitrogens with zero attached hydrogens (tertiary/aromatic N) is 2. The molecule has 8 nitrogen and oxygen atoms in total. The lowest BCUT2D eigenvalue weighted by molar-refractivity contribution is 0.0853. The van der Waals surface area contributed by atoms with E-state index < -0.39 is 0 Å². The van der Waals surface area contributed by atoms with Gasteiger partial charge in [-0.3, -0.25) is 4.79 Å². The molecule has 2 N–H and O–H groups in total. The van der Waals surface area contributed by atoms with E-state index in [4.69, 9.17) is 14.2 Å². The highest BCUT2D eigenvalue weighted by molar-refractivity contribution is 5.92. The third-order valence-electron chi connectivity index (χ3n) is 4.08. The summed E-state index contributed by atoms with van der Waals surface area (Å²) in [6.07, 6.45) is 2.10. The molecule has 0 spiro atoms. The van der Waals surface area contributed by atoms with Crippen molar-refractivity contribution in [2.24, 2.45) is 0 Å². The fraction of sp³-hybridized carbons (Fsp3) is 0.389. The number of hydrogen-bond acceptors (Lipinski definition) is 7. The zero-order chi connectivity index (χ0) is 18.4. The predicted octanol–water partition coefficient (Wildman–Crippen LogP) is 2.15. The molecule has 0 aliphatic carbocycles. The maximum absolute atomic E-state index is 12.1. The normalized spacial score (nSPS) is 16.2. The van der Waals surface area contributed by atoms with Crippen LogP contribution in [0.15, 0.2) is 30.3 Å². The summed E-state index contributed by atoms with van der Waals surface area (Å²) in [5.74, 6) is 1.55. The summed E-state index contributed by atoms with van der Waals surface area (Å²) >= 11 is 0. The second-order valence-electron chi connectivity index (χ2n) is 5.84. The number of anilines is 2. The largest absolute Gasteiger partial charge is 0.497 e. The van der Waals surface area contributed by atoms with Crippen molar-refractivity contribution in [1.29, 1.82) is 0 Å². The third-order valence-corrected chi connectivity index (χ3v) is 4.08. The average molecular weight is 358 g/mol. The van der Waals surface area contributed by atoms with Crippen LogP contribution < -0.4 is 20.1 Å². The molecule has 1 saturated heterocycles. The molecule has 8 heteroatoms. The van der Waals surface area contributed by atoms with Crippen molar-refractivity contribution >= 4 is 17.4 Å². The summed E-state index contributed by atoms with van der Waals surface area (Å²) < 4.78 is 16.0. The van der Waals surface area contributed by atoms with E-state index in [1.807, 2.05) is 12.1 Å². The first-order chi connectivity index (χ1) is 12.7. The van der Waals surface area contributed by atoms with Gasteiger partial charge in [-0.25, -0.2) is 0 Å². The number of aromatic nitrogens is 2. The van der Waals surface area contributed by atoms with E-state index in [1.54, 1.807) is 32.4 Å². The highest BCUT2D eigenvalue weighted by Gasteiger charge is 2.17. The highest BCUT2D eigenvalue weighted by atomic mass is 16.5. The van der Waals surface area contributed by atoms with Gasteiger partial charge in [0, 0.05) is 19.2 Å². The Morgan fingerprint density at radius 2 is 2.12 bits per heavy atom. The van der Waals surface area contributed by atoms with Crippen molar-refractivity contribution in [2.75, 3.05) is 32.7 Å². The number of rotatable bonds is 7. The molecule has 2 aromatic rings. The number of methoxy groups -OCH3 is 2. The lowest BCUT2D eigenvalue weighted by atomic mass is 10.2. The van der Waals surface area contributed by atoms with Crippen molar-refractivity contribution in [2.45, 2.75) is 18.9 Å². The van der Waals surface area contributed by atoms with E-state index in [0.717, 1.165) is 25.1 Å². The van der Waals surface area contributed by atoms with Gasteiger partial charge in [0.1, 0.15) is 11.5 Å². The monoisotopic (exact) mass is 358 g/mol. The minimum Gasteiger partial charge on any atom is -0.497 e. The topological polar surface area (TPSA) is 94.6 Å². The Hall–Kier alpha value is -2.87. The Bertz CT molecular complexity index is 745. The minimum absolute atomic E-state index is 0.0929. The Morgan fingerprint density at radius 1 is 1.23 bits per heavy atom. The van der Waals surface area contributed by atoms with Crippen molar-refractivity contribution in [3.8, 4) is 11.5 Å². The molecule has 0 saturated carbocycles. The number of carbonyl (C=O) groups excluding carboxylic acids is 1. The lowest BCUT2D eigenvalue weighted by Gasteiger charge is -2.12. The zero-order valence-electron chi connectivity index (χ0n) is 14.8. The van der Waals surface area contributed by atoms with Gasteiger partial charge in [0.05, 0.1) is 26.0 Å². The third kappa shape index (κ3) is 4.40. The molecule has 2 heterocycles. The number of benzene rings is 1. The van der Waals surface area contributed by atoms with Crippen LogP contribution in [0.4, 0.5) is 11.5 Å². The van der Waals surface area contributed by atoms with Crippen molar-refractivity contribution in [3.05, 3.63) is 36.0 Å². The summed E-state index contributed by atoms with van der Waals surface area (Å²) in [6.45, 7) is 1.25. The van der Waals surface area contributed by atoms with E-state index in [0.29, 0.717) is 23.9 Å². The maximum atomic E-state index is 12.1. The summed E-state index contributed by atoms with van der Waals surface area (Å²) in [4.78, 5) is 12.1. The molecule has 1 aliphatic heterocycles. The highest BCUT2D eigenvalue weighted by Crippen LogP contribution is 2.30. The van der Waals surface area contributed by atoms with Gasteiger partial charge in [0.2, 0.25) is 0 Å². The molecule has 1 fully saturated rings. The van der Waals surface area contributed by atoms with Crippen LogP contribution in [-0.4, -0.2) is 49.6 Å². The predicted molar refractivity (Wildman–Crippen MR) is 96.2 cm³/mol. The fourth-order valence-corrected chi connectivity index (χ4v) is 2.66. The number of hydrogen-bond donors (Lipinski definition) is 2. The second-order valence-corrected chi connectivity index (χ2v) is 5.84. The van der Waals surface area contributed by atoms with Crippen LogP contribution in [0.3, 0.4) is 0 Å². The standard InChI is InChI=1S/C18H22N4O4/c1-24-12-5-6-14(16(10-12)25-2)20-17-8-7-15(21-22-17)18(23)19-11-13-4-3-9-26-13/h5-8,10,13H,3-4,9,11H2,1-2H3,(H,19,23)(H,20,22). The van der Waals surface area contributed by atoms with Crippen LogP contribution in [0.2, 0.25) is 0 Å². The van der Waals surface area contributed by atoms with Crippen molar-refractivity contribution in [1.82, 2.24) is 15.5 Å². The van der Waals surface area contributed by atoms with E-state index >= 15 is 0 Å². The van der Waals surface area contributed by atoms with Gasteiger partial charge in [-0.2, -0.15) is 0 Å². The SMILES string of the molecule is COc1ccc(Nc2ccc(C(=O)NCC3CCCO3)nn2)c(OC)c1. The van der Waals surface area contributed by atoms with Crippen molar-refractivity contribution in [3.63, 3.8) is 0 Å². The van der Waals surface area contributed by atoms with Crippen LogP contribution in [0.1, 0.15) is 23.3 Å². The van der Waals surface area contributed by atoms with Crippen LogP contribution in [0, 0.1) is 0 Å². The smallest absolute Gasteiger partial charge is 0.271 e. The lowest BCUT2D eigenvalue weighted by Crippen LogP contribution is -2.32. The molecular formula is C18H22N4O4. The summed E-state index contributed by atoms with van der Waals surface area (Å²) in [5.41, 5.74) is 0.980. The van der Waals surface area contributed by atoms with Gasteiger partial charge in [-0.15, -0.1) is 10.2 Å². The summed E-state index contributed by atoms with van der Waals surface area (Å²) in [6, 6.07) is 8.71. The second kappa shape index (κ2) is 8.48. The zero-order valence-corrected chi connectivity index (χ0v) is 14.8. The first-order valence-electron chi connectivity index (χ1n) is 8.42. The van der Waals surface area contributed by atoms with Gasteiger partial charge in [-0.1, -0.05) is 0 Å². The molecule has 26 heavy (non-hydrogen) atoms. The molecule has 0 radical (unpaired) electrons. The van der Waals surface area contributed by atoms with Crippen LogP contribution in [0.5, 0.6) is 11.5 Å². The Labute approximate surface area is 151 Å². The average Bonchev–Trinajstić information content (AvgIpc) is 3.20. The summed E-state index contributed by atoms with van der Waals surface area (Å²) in [5, 5.41) is 14.0. The molecule has 1 amide bonds.